The van der Waals surface area contributed by atoms with Crippen LogP contribution in [0, 0.1) is 0 Å². The van der Waals surface area contributed by atoms with Crippen LogP contribution in [-0.2, 0) is 20.7 Å². The summed E-state index contributed by atoms with van der Waals surface area (Å²) in [7, 11) is 1.32. The Bertz CT molecular complexity index is 670. The van der Waals surface area contributed by atoms with Crippen LogP contribution >= 0.6 is 11.3 Å². The largest absolute Gasteiger partial charge is 0.469 e. The molecular formula is C15H17N3O3S. The minimum Gasteiger partial charge on any atom is -0.469 e. The molecule has 0 bridgehead atoms. The molecule has 0 fully saturated rings. The second kappa shape index (κ2) is 7.56. The number of nitrogens with one attached hydrogen (secondary N) is 1. The first kappa shape index (κ1) is 16.0. The van der Waals surface area contributed by atoms with Crippen LogP contribution in [-0.4, -0.2) is 30.5 Å². The molecule has 0 saturated heterocycles. The highest BCUT2D eigenvalue weighted by Crippen LogP contribution is 2.28. The van der Waals surface area contributed by atoms with Crippen molar-refractivity contribution in [1.29, 1.82) is 0 Å². The van der Waals surface area contributed by atoms with E-state index in [1.54, 1.807) is 0 Å². The number of nitrogens with two attached hydrogens (primary N) is 1. The molecule has 0 aliphatic rings. The van der Waals surface area contributed by atoms with Gasteiger partial charge in [0.05, 0.1) is 25.6 Å². The molecule has 1 amide bonds. The number of rotatable bonds is 6. The van der Waals surface area contributed by atoms with E-state index in [2.05, 4.69) is 15.0 Å². The quantitative estimate of drug-likeness (QED) is 0.623. The van der Waals surface area contributed by atoms with Crippen molar-refractivity contribution in [3.63, 3.8) is 0 Å². The molecule has 0 spiro atoms. The highest BCUT2D eigenvalue weighted by molar-refractivity contribution is 7.13. The number of carbonyl (C=O) groups excluding carboxylic acids is 2. The lowest BCUT2D eigenvalue weighted by Gasteiger charge is -2.03. The average Bonchev–Trinajstić information content (AvgIpc) is 2.95. The summed E-state index contributed by atoms with van der Waals surface area (Å²) in [6.07, 6.45) is 0.329. The lowest BCUT2D eigenvalue weighted by molar-refractivity contribution is -0.140. The summed E-state index contributed by atoms with van der Waals surface area (Å²) in [5.41, 5.74) is 8.12. The number of para-hydroxylation sites is 1. The molecule has 2 rings (SSSR count). The van der Waals surface area contributed by atoms with Crippen LogP contribution in [0.3, 0.4) is 0 Å². The number of aromatic nitrogens is 1. The summed E-state index contributed by atoms with van der Waals surface area (Å²) in [6.45, 7) is 0.258. The van der Waals surface area contributed by atoms with Gasteiger partial charge in [-0.1, -0.05) is 12.1 Å². The van der Waals surface area contributed by atoms with Gasteiger partial charge in [-0.15, -0.1) is 11.3 Å². The lowest BCUT2D eigenvalue weighted by atomic mass is 10.2. The van der Waals surface area contributed by atoms with Gasteiger partial charge in [-0.25, -0.2) is 4.98 Å². The topological polar surface area (TPSA) is 94.3 Å². The van der Waals surface area contributed by atoms with Gasteiger partial charge < -0.3 is 15.8 Å². The van der Waals surface area contributed by atoms with Crippen molar-refractivity contribution < 1.29 is 14.3 Å². The molecule has 1 heterocycles. The first-order valence-electron chi connectivity index (χ1n) is 6.73. The first-order valence-corrected chi connectivity index (χ1v) is 7.61. The van der Waals surface area contributed by atoms with Gasteiger partial charge in [0.25, 0.3) is 0 Å². The lowest BCUT2D eigenvalue weighted by Crippen LogP contribution is -2.27. The zero-order valence-corrected chi connectivity index (χ0v) is 13.0. The molecule has 3 N–H and O–H groups in total. The Hall–Kier alpha value is -2.41. The Morgan fingerprint density at radius 2 is 2.14 bits per heavy atom. The van der Waals surface area contributed by atoms with Crippen LogP contribution in [0.1, 0.15) is 12.1 Å². The number of nitrogen functional groups attached to an aromatic ring is 1. The van der Waals surface area contributed by atoms with Crippen molar-refractivity contribution >= 4 is 28.9 Å². The molecule has 22 heavy (non-hydrogen) atoms. The fraction of sp³-hybridized carbons (Fsp3) is 0.267. The third-order valence-electron chi connectivity index (χ3n) is 2.96. The van der Waals surface area contributed by atoms with Crippen molar-refractivity contribution in [3.8, 4) is 10.6 Å². The van der Waals surface area contributed by atoms with Gasteiger partial charge in [0.1, 0.15) is 5.01 Å². The minimum atomic E-state index is -0.351. The molecule has 1 aromatic heterocycles. The van der Waals surface area contributed by atoms with Crippen molar-refractivity contribution in [2.24, 2.45) is 0 Å². The molecule has 0 aliphatic carbocycles. The number of nitrogens with zero attached hydrogens (tertiary/aromatic N) is 1. The number of carbonyl (C=O) groups is 2. The van der Waals surface area contributed by atoms with E-state index in [-0.39, 0.29) is 31.3 Å². The normalized spacial score (nSPS) is 10.2. The van der Waals surface area contributed by atoms with Crippen LogP contribution in [0.2, 0.25) is 0 Å². The van der Waals surface area contributed by atoms with Crippen LogP contribution in [0.15, 0.2) is 29.6 Å². The zero-order chi connectivity index (χ0) is 15.9. The van der Waals surface area contributed by atoms with Gasteiger partial charge in [-0.2, -0.15) is 0 Å². The molecule has 0 radical (unpaired) electrons. The van der Waals surface area contributed by atoms with Gasteiger partial charge >= 0.3 is 5.97 Å². The highest BCUT2D eigenvalue weighted by atomic mass is 32.1. The maximum Gasteiger partial charge on any atom is 0.307 e. The number of amides is 1. The van der Waals surface area contributed by atoms with Crippen LogP contribution in [0.25, 0.3) is 10.6 Å². The van der Waals surface area contributed by atoms with Gasteiger partial charge in [-0.05, 0) is 12.1 Å². The highest BCUT2D eigenvalue weighted by Gasteiger charge is 2.11. The van der Waals surface area contributed by atoms with E-state index < -0.39 is 0 Å². The Kier molecular flexibility index (Phi) is 5.48. The van der Waals surface area contributed by atoms with E-state index in [9.17, 15) is 9.59 Å². The van der Waals surface area contributed by atoms with E-state index >= 15 is 0 Å². The van der Waals surface area contributed by atoms with E-state index in [1.165, 1.54) is 18.4 Å². The van der Waals surface area contributed by atoms with Gasteiger partial charge in [0, 0.05) is 23.2 Å². The number of methoxy groups -OCH3 is 1. The van der Waals surface area contributed by atoms with Gasteiger partial charge in [-0.3, -0.25) is 9.59 Å². The first-order chi connectivity index (χ1) is 10.6. The van der Waals surface area contributed by atoms with Crippen molar-refractivity contribution in [2.45, 2.75) is 12.8 Å². The predicted molar refractivity (Wildman–Crippen MR) is 85.3 cm³/mol. The molecule has 6 nitrogen and oxygen atoms in total. The van der Waals surface area contributed by atoms with Crippen molar-refractivity contribution in [1.82, 2.24) is 10.3 Å². The second-order valence-corrected chi connectivity index (χ2v) is 5.44. The third kappa shape index (κ3) is 4.29. The fourth-order valence-corrected chi connectivity index (χ4v) is 2.70. The maximum absolute atomic E-state index is 11.8. The maximum atomic E-state index is 11.8. The van der Waals surface area contributed by atoms with E-state index in [1.807, 2.05) is 29.6 Å². The third-order valence-corrected chi connectivity index (χ3v) is 3.89. The van der Waals surface area contributed by atoms with Crippen LogP contribution in [0.5, 0.6) is 0 Å². The van der Waals surface area contributed by atoms with E-state index in [0.29, 0.717) is 11.4 Å². The molecule has 1 aromatic carbocycles. The van der Waals surface area contributed by atoms with E-state index in [4.69, 9.17) is 5.73 Å². The minimum absolute atomic E-state index is 0.158. The number of thiazole rings is 1. The monoisotopic (exact) mass is 319 g/mol. The number of hydrogen-bond donors (Lipinski definition) is 2. The molecular weight excluding hydrogens is 302 g/mol. The summed E-state index contributed by atoms with van der Waals surface area (Å²) >= 11 is 1.45. The Balaban J connectivity index is 1.91. The Labute approximate surface area is 132 Å². The van der Waals surface area contributed by atoms with Crippen molar-refractivity contribution in [2.75, 3.05) is 19.4 Å². The van der Waals surface area contributed by atoms with Crippen LogP contribution < -0.4 is 11.1 Å². The second-order valence-electron chi connectivity index (χ2n) is 4.58. The predicted octanol–water partition coefficient (Wildman–Crippen LogP) is 1.61. The summed E-state index contributed by atoms with van der Waals surface area (Å²) in [6, 6.07) is 7.47. The number of ether oxygens (including phenoxy) is 1. The number of anilines is 1. The average molecular weight is 319 g/mol. The molecule has 0 atom stereocenters. The SMILES string of the molecule is COC(=O)CCNC(=O)Cc1csc(-c2ccccc2N)n1. The van der Waals surface area contributed by atoms with E-state index in [0.717, 1.165) is 10.6 Å². The Morgan fingerprint density at radius 1 is 1.36 bits per heavy atom. The Morgan fingerprint density at radius 3 is 2.86 bits per heavy atom. The number of benzene rings is 1. The molecule has 0 aliphatic heterocycles. The van der Waals surface area contributed by atoms with Crippen molar-refractivity contribution in [3.05, 3.63) is 35.3 Å². The summed E-state index contributed by atoms with van der Waals surface area (Å²) in [5, 5.41) is 5.28. The fourth-order valence-electron chi connectivity index (χ4n) is 1.84. The summed E-state index contributed by atoms with van der Waals surface area (Å²) in [5.74, 6) is -0.530. The smallest absolute Gasteiger partial charge is 0.307 e. The molecule has 116 valence electrons. The van der Waals surface area contributed by atoms with Crippen LogP contribution in [0.4, 0.5) is 5.69 Å². The van der Waals surface area contributed by atoms with Gasteiger partial charge in [0.2, 0.25) is 5.91 Å². The standard InChI is InChI=1S/C15H17N3O3S/c1-21-14(20)6-7-17-13(19)8-10-9-22-15(18-10)11-4-2-3-5-12(11)16/h2-5,9H,6-8,16H2,1H3,(H,17,19). The molecule has 7 heteroatoms. The summed E-state index contributed by atoms with van der Waals surface area (Å²) in [4.78, 5) is 27.1. The zero-order valence-electron chi connectivity index (χ0n) is 12.2. The molecule has 0 saturated carbocycles. The molecule has 0 unspecified atom stereocenters. The number of hydrogen-bond acceptors (Lipinski definition) is 6. The van der Waals surface area contributed by atoms with Gasteiger partial charge in [0.15, 0.2) is 0 Å². The number of esters is 1. The summed E-state index contributed by atoms with van der Waals surface area (Å²) < 4.78 is 4.50. The molecule has 2 aromatic rings.